The highest BCUT2D eigenvalue weighted by Crippen LogP contribution is 2.24. The van der Waals surface area contributed by atoms with Gasteiger partial charge in [-0.1, -0.05) is 6.07 Å². The topological polar surface area (TPSA) is 80.3 Å². The van der Waals surface area contributed by atoms with Gasteiger partial charge in [0.05, 0.1) is 6.20 Å². The van der Waals surface area contributed by atoms with Crippen molar-refractivity contribution in [2.45, 2.75) is 6.92 Å². The van der Waals surface area contributed by atoms with Gasteiger partial charge in [0.25, 0.3) is 0 Å². The standard InChI is InChI=1S/C13H13FN6/c1-8-9(14)3-2-4-10(8)17-12-13-16-5-6-20(13)7-11(18-12)19-15/h2-7,19H,15H2,1H3,(H,17,18). The Kier molecular flexibility index (Phi) is 2.96. The molecule has 0 bridgehead atoms. The first-order valence-electron chi connectivity index (χ1n) is 6.01. The van der Waals surface area contributed by atoms with Crippen molar-refractivity contribution in [2.24, 2.45) is 5.84 Å². The number of aromatic nitrogens is 3. The van der Waals surface area contributed by atoms with Gasteiger partial charge in [0.2, 0.25) is 0 Å². The number of halogens is 1. The number of fused-ring (bicyclic) bond motifs is 1. The Labute approximate surface area is 114 Å². The molecule has 3 rings (SSSR count). The van der Waals surface area contributed by atoms with E-state index in [1.807, 2.05) is 0 Å². The number of nitrogens with two attached hydrogens (primary N) is 1. The maximum absolute atomic E-state index is 13.6. The highest BCUT2D eigenvalue weighted by molar-refractivity contribution is 5.72. The van der Waals surface area contributed by atoms with E-state index in [0.717, 1.165) is 0 Å². The van der Waals surface area contributed by atoms with Crippen LogP contribution in [0.3, 0.4) is 0 Å². The lowest BCUT2D eigenvalue weighted by molar-refractivity contribution is 0.619. The number of hydrogen-bond acceptors (Lipinski definition) is 5. The van der Waals surface area contributed by atoms with Crippen molar-refractivity contribution in [1.82, 2.24) is 14.4 Å². The van der Waals surface area contributed by atoms with Crippen molar-refractivity contribution in [2.75, 3.05) is 10.7 Å². The van der Waals surface area contributed by atoms with Crippen LogP contribution in [0.1, 0.15) is 5.56 Å². The number of rotatable bonds is 3. The van der Waals surface area contributed by atoms with E-state index in [2.05, 4.69) is 20.7 Å². The molecule has 4 N–H and O–H groups in total. The van der Waals surface area contributed by atoms with Crippen LogP contribution in [0.4, 0.5) is 21.7 Å². The number of nitrogen functional groups attached to an aromatic ring is 1. The quantitative estimate of drug-likeness (QED) is 0.503. The fraction of sp³-hybridized carbons (Fsp3) is 0.0769. The van der Waals surface area contributed by atoms with Gasteiger partial charge in [0.15, 0.2) is 17.3 Å². The number of imidazole rings is 1. The number of hydrogen-bond donors (Lipinski definition) is 3. The van der Waals surface area contributed by atoms with Gasteiger partial charge < -0.3 is 15.1 Å². The Morgan fingerprint density at radius 1 is 1.35 bits per heavy atom. The molecule has 0 saturated carbocycles. The fourth-order valence-corrected chi connectivity index (χ4v) is 1.96. The van der Waals surface area contributed by atoms with E-state index < -0.39 is 0 Å². The normalized spacial score (nSPS) is 10.8. The molecule has 1 aromatic carbocycles. The summed E-state index contributed by atoms with van der Waals surface area (Å²) in [5.74, 6) is 6.09. The summed E-state index contributed by atoms with van der Waals surface area (Å²) in [4.78, 5) is 8.52. The van der Waals surface area contributed by atoms with E-state index in [4.69, 9.17) is 5.84 Å². The average Bonchev–Trinajstić information content (AvgIpc) is 2.92. The van der Waals surface area contributed by atoms with Gasteiger partial charge in [-0.2, -0.15) is 0 Å². The van der Waals surface area contributed by atoms with Gasteiger partial charge in [0.1, 0.15) is 5.82 Å². The van der Waals surface area contributed by atoms with Crippen LogP contribution in [-0.2, 0) is 0 Å². The van der Waals surface area contributed by atoms with Gasteiger partial charge in [0, 0.05) is 23.6 Å². The van der Waals surface area contributed by atoms with Crippen LogP contribution in [-0.4, -0.2) is 14.4 Å². The molecule has 0 aliphatic carbocycles. The van der Waals surface area contributed by atoms with Gasteiger partial charge in [-0.25, -0.2) is 20.2 Å². The number of nitrogens with zero attached hydrogens (tertiary/aromatic N) is 3. The molecule has 3 aromatic rings. The third kappa shape index (κ3) is 2.04. The first-order valence-corrected chi connectivity index (χ1v) is 6.01. The Bertz CT molecular complexity index is 767. The number of benzene rings is 1. The molecule has 2 aromatic heterocycles. The Morgan fingerprint density at radius 2 is 2.20 bits per heavy atom. The Balaban J connectivity index is 2.10. The van der Waals surface area contributed by atoms with E-state index in [0.29, 0.717) is 28.5 Å². The lowest BCUT2D eigenvalue weighted by atomic mass is 10.2. The van der Waals surface area contributed by atoms with Crippen molar-refractivity contribution in [3.05, 3.63) is 48.2 Å². The first kappa shape index (κ1) is 12.4. The Morgan fingerprint density at radius 3 is 3.00 bits per heavy atom. The molecule has 7 heteroatoms. The average molecular weight is 272 g/mol. The predicted octanol–water partition coefficient (Wildman–Crippen LogP) is 2.21. The van der Waals surface area contributed by atoms with Gasteiger partial charge in [-0.05, 0) is 19.1 Å². The summed E-state index contributed by atoms with van der Waals surface area (Å²) in [6, 6.07) is 4.83. The van der Waals surface area contributed by atoms with Crippen LogP contribution in [0.25, 0.3) is 5.65 Å². The molecule has 6 nitrogen and oxygen atoms in total. The number of hydrazine groups is 1. The van der Waals surface area contributed by atoms with Crippen LogP contribution in [0.2, 0.25) is 0 Å². The van der Waals surface area contributed by atoms with Gasteiger partial charge >= 0.3 is 0 Å². The molecule has 0 aliphatic rings. The maximum Gasteiger partial charge on any atom is 0.180 e. The van der Waals surface area contributed by atoms with E-state index in [9.17, 15) is 4.39 Å². The molecule has 0 amide bonds. The molecular weight excluding hydrogens is 259 g/mol. The monoisotopic (exact) mass is 272 g/mol. The summed E-state index contributed by atoms with van der Waals surface area (Å²) in [7, 11) is 0. The van der Waals surface area contributed by atoms with Crippen LogP contribution in [0.5, 0.6) is 0 Å². The van der Waals surface area contributed by atoms with Crippen LogP contribution in [0, 0.1) is 12.7 Å². The van der Waals surface area contributed by atoms with E-state index in [1.54, 1.807) is 42.0 Å². The second-order valence-electron chi connectivity index (χ2n) is 4.31. The lowest BCUT2D eigenvalue weighted by Gasteiger charge is -2.11. The summed E-state index contributed by atoms with van der Waals surface area (Å²) in [5.41, 5.74) is 4.27. The summed E-state index contributed by atoms with van der Waals surface area (Å²) in [6.07, 6.45) is 5.15. The fourth-order valence-electron chi connectivity index (χ4n) is 1.96. The van der Waals surface area contributed by atoms with E-state index >= 15 is 0 Å². The highest BCUT2D eigenvalue weighted by Gasteiger charge is 2.10. The number of anilines is 3. The molecule has 102 valence electrons. The maximum atomic E-state index is 13.6. The van der Waals surface area contributed by atoms with E-state index in [-0.39, 0.29) is 5.82 Å². The van der Waals surface area contributed by atoms with Crippen LogP contribution in [0.15, 0.2) is 36.8 Å². The SMILES string of the molecule is Cc1c(F)cccc1Nc1nc(NN)cn2ccnc12. The van der Waals surface area contributed by atoms with Crippen molar-refractivity contribution in [1.29, 1.82) is 0 Å². The Hall–Kier alpha value is -2.67. The van der Waals surface area contributed by atoms with Crippen LogP contribution < -0.4 is 16.6 Å². The molecule has 0 unspecified atom stereocenters. The van der Waals surface area contributed by atoms with Crippen molar-refractivity contribution in [3.63, 3.8) is 0 Å². The highest BCUT2D eigenvalue weighted by atomic mass is 19.1. The second-order valence-corrected chi connectivity index (χ2v) is 4.31. The minimum atomic E-state index is -0.275. The third-order valence-electron chi connectivity index (χ3n) is 3.04. The molecule has 0 fully saturated rings. The summed E-state index contributed by atoms with van der Waals surface area (Å²) in [5, 5.41) is 3.09. The smallest absolute Gasteiger partial charge is 0.180 e. The summed E-state index contributed by atoms with van der Waals surface area (Å²) in [6.45, 7) is 1.70. The second kappa shape index (κ2) is 4.78. The minimum absolute atomic E-state index is 0.275. The molecule has 2 heterocycles. The van der Waals surface area contributed by atoms with E-state index in [1.165, 1.54) is 6.07 Å². The van der Waals surface area contributed by atoms with Crippen molar-refractivity contribution < 1.29 is 4.39 Å². The summed E-state index contributed by atoms with van der Waals surface area (Å²) < 4.78 is 15.3. The van der Waals surface area contributed by atoms with Crippen molar-refractivity contribution in [3.8, 4) is 0 Å². The zero-order valence-corrected chi connectivity index (χ0v) is 10.8. The zero-order chi connectivity index (χ0) is 14.1. The minimum Gasteiger partial charge on any atom is -0.337 e. The van der Waals surface area contributed by atoms with Gasteiger partial charge in [-0.3, -0.25) is 0 Å². The molecule has 0 spiro atoms. The molecular formula is C13H13FN6. The molecule has 0 radical (unpaired) electrons. The van der Waals surface area contributed by atoms with Crippen LogP contribution >= 0.6 is 0 Å². The molecule has 20 heavy (non-hydrogen) atoms. The predicted molar refractivity (Wildman–Crippen MR) is 75.2 cm³/mol. The van der Waals surface area contributed by atoms with Gasteiger partial charge in [-0.15, -0.1) is 0 Å². The zero-order valence-electron chi connectivity index (χ0n) is 10.8. The van der Waals surface area contributed by atoms with Crippen molar-refractivity contribution >= 4 is 23.0 Å². The molecule has 0 saturated heterocycles. The number of nitrogens with one attached hydrogen (secondary N) is 2. The summed E-state index contributed by atoms with van der Waals surface area (Å²) >= 11 is 0. The molecule has 0 atom stereocenters. The lowest BCUT2D eigenvalue weighted by Crippen LogP contribution is -2.11. The first-order chi connectivity index (χ1) is 9.69. The third-order valence-corrected chi connectivity index (χ3v) is 3.04. The largest absolute Gasteiger partial charge is 0.337 e. The molecule has 0 aliphatic heterocycles.